The van der Waals surface area contributed by atoms with Crippen molar-refractivity contribution in [2.75, 3.05) is 12.4 Å². The van der Waals surface area contributed by atoms with E-state index in [-0.39, 0.29) is 5.91 Å². The van der Waals surface area contributed by atoms with Gasteiger partial charge in [-0.2, -0.15) is 0 Å². The van der Waals surface area contributed by atoms with Gasteiger partial charge < -0.3 is 14.8 Å². The Bertz CT molecular complexity index is 897. The van der Waals surface area contributed by atoms with Crippen molar-refractivity contribution >= 4 is 23.2 Å². The van der Waals surface area contributed by atoms with E-state index in [1.54, 1.807) is 31.4 Å². The normalized spacial score (nSPS) is 10.2. The summed E-state index contributed by atoms with van der Waals surface area (Å²) >= 11 is 6.03. The van der Waals surface area contributed by atoms with Crippen molar-refractivity contribution in [3.8, 4) is 11.5 Å². The van der Waals surface area contributed by atoms with Crippen LogP contribution in [0.1, 0.15) is 15.9 Å². The van der Waals surface area contributed by atoms with Crippen molar-refractivity contribution in [1.29, 1.82) is 0 Å². The molecular formula is C21H18ClNO3. The summed E-state index contributed by atoms with van der Waals surface area (Å²) in [4.78, 5) is 12.8. The average Bonchev–Trinajstić information content (AvgIpc) is 2.67. The fraction of sp³-hybridized carbons (Fsp3) is 0.0952. The van der Waals surface area contributed by atoms with Gasteiger partial charge in [-0.3, -0.25) is 4.79 Å². The summed E-state index contributed by atoms with van der Waals surface area (Å²) in [6, 6.07) is 21.9. The first-order chi connectivity index (χ1) is 12.7. The van der Waals surface area contributed by atoms with E-state index >= 15 is 0 Å². The quantitative estimate of drug-likeness (QED) is 0.653. The van der Waals surface area contributed by atoms with Crippen LogP contribution < -0.4 is 14.8 Å². The van der Waals surface area contributed by atoms with E-state index in [4.69, 9.17) is 21.1 Å². The van der Waals surface area contributed by atoms with Crippen LogP contribution in [0.25, 0.3) is 0 Å². The van der Waals surface area contributed by atoms with Gasteiger partial charge in [0.25, 0.3) is 5.91 Å². The van der Waals surface area contributed by atoms with Gasteiger partial charge in [0.2, 0.25) is 0 Å². The highest BCUT2D eigenvalue weighted by Gasteiger charge is 2.14. The lowest BCUT2D eigenvalue weighted by Crippen LogP contribution is -2.15. The summed E-state index contributed by atoms with van der Waals surface area (Å²) in [6.45, 7) is 0.292. The first-order valence-electron chi connectivity index (χ1n) is 8.08. The molecule has 0 spiro atoms. The van der Waals surface area contributed by atoms with Crippen molar-refractivity contribution in [2.45, 2.75) is 6.61 Å². The van der Waals surface area contributed by atoms with Gasteiger partial charge in [0, 0.05) is 16.1 Å². The van der Waals surface area contributed by atoms with Crippen molar-refractivity contribution in [3.05, 3.63) is 88.9 Å². The van der Waals surface area contributed by atoms with Crippen LogP contribution in [0.4, 0.5) is 5.69 Å². The van der Waals surface area contributed by atoms with Gasteiger partial charge in [0.1, 0.15) is 18.1 Å². The van der Waals surface area contributed by atoms with E-state index in [0.717, 1.165) is 11.3 Å². The zero-order valence-corrected chi connectivity index (χ0v) is 15.0. The van der Waals surface area contributed by atoms with E-state index in [9.17, 15) is 4.79 Å². The molecule has 0 aliphatic rings. The number of hydrogen-bond acceptors (Lipinski definition) is 3. The molecule has 0 atom stereocenters. The van der Waals surface area contributed by atoms with Gasteiger partial charge in [-0.05, 0) is 36.4 Å². The molecule has 0 aromatic heterocycles. The minimum atomic E-state index is -0.252. The Morgan fingerprint density at radius 1 is 1.00 bits per heavy atom. The fourth-order valence-electron chi connectivity index (χ4n) is 2.51. The molecule has 1 amide bonds. The number of para-hydroxylation sites is 1. The van der Waals surface area contributed by atoms with Gasteiger partial charge in [-0.25, -0.2) is 0 Å². The lowest BCUT2D eigenvalue weighted by atomic mass is 10.1. The second kappa shape index (κ2) is 8.41. The van der Waals surface area contributed by atoms with Crippen molar-refractivity contribution in [2.24, 2.45) is 0 Å². The minimum absolute atomic E-state index is 0.252. The molecule has 3 rings (SSSR count). The molecule has 0 fully saturated rings. The number of rotatable bonds is 6. The van der Waals surface area contributed by atoms with Crippen LogP contribution in [-0.4, -0.2) is 13.0 Å². The molecule has 0 radical (unpaired) electrons. The van der Waals surface area contributed by atoms with E-state index in [1.807, 2.05) is 48.5 Å². The number of hydrogen-bond donors (Lipinski definition) is 1. The number of halogens is 1. The minimum Gasteiger partial charge on any atom is -0.495 e. The number of amides is 1. The predicted octanol–water partition coefficient (Wildman–Crippen LogP) is 5.18. The summed E-state index contributed by atoms with van der Waals surface area (Å²) in [5, 5.41) is 3.37. The lowest BCUT2D eigenvalue weighted by molar-refractivity contribution is 0.102. The molecule has 0 aliphatic heterocycles. The highest BCUT2D eigenvalue weighted by atomic mass is 35.5. The maximum absolute atomic E-state index is 12.8. The molecule has 3 aromatic rings. The standard InChI is InChI=1S/C21H18ClNO3/c1-25-20-12-11-16(22)13-19(20)23-21(24)18-10-6-5-7-15(18)14-26-17-8-3-2-4-9-17/h2-13H,14H2,1H3,(H,23,24). The Balaban J connectivity index is 1.79. The summed E-state index contributed by atoms with van der Waals surface area (Å²) in [5.74, 6) is 1.04. The Kier molecular flexibility index (Phi) is 5.77. The van der Waals surface area contributed by atoms with Crippen LogP contribution in [0.5, 0.6) is 11.5 Å². The van der Waals surface area contributed by atoms with E-state index in [0.29, 0.717) is 28.6 Å². The van der Waals surface area contributed by atoms with Crippen LogP contribution in [0.15, 0.2) is 72.8 Å². The van der Waals surface area contributed by atoms with Crippen LogP contribution in [-0.2, 0) is 6.61 Å². The SMILES string of the molecule is COc1ccc(Cl)cc1NC(=O)c1ccccc1COc1ccccc1. The van der Waals surface area contributed by atoms with Crippen molar-refractivity contribution in [1.82, 2.24) is 0 Å². The van der Waals surface area contributed by atoms with Gasteiger partial charge >= 0.3 is 0 Å². The molecule has 0 saturated carbocycles. The zero-order chi connectivity index (χ0) is 18.4. The number of carbonyl (C=O) groups excluding carboxylic acids is 1. The Labute approximate surface area is 157 Å². The molecule has 5 heteroatoms. The molecule has 1 N–H and O–H groups in total. The van der Waals surface area contributed by atoms with Gasteiger partial charge in [-0.1, -0.05) is 48.0 Å². The number of benzene rings is 3. The average molecular weight is 368 g/mol. The highest BCUT2D eigenvalue weighted by molar-refractivity contribution is 6.31. The first-order valence-corrected chi connectivity index (χ1v) is 8.46. The van der Waals surface area contributed by atoms with E-state index in [1.165, 1.54) is 0 Å². The van der Waals surface area contributed by atoms with Gasteiger partial charge in [0.05, 0.1) is 12.8 Å². The van der Waals surface area contributed by atoms with Gasteiger partial charge in [-0.15, -0.1) is 0 Å². The van der Waals surface area contributed by atoms with Crippen LogP contribution >= 0.6 is 11.6 Å². The molecule has 132 valence electrons. The van der Waals surface area contributed by atoms with Crippen LogP contribution in [0.2, 0.25) is 5.02 Å². The second-order valence-corrected chi connectivity index (χ2v) is 5.99. The Morgan fingerprint density at radius 2 is 1.73 bits per heavy atom. The molecule has 0 saturated heterocycles. The summed E-state index contributed by atoms with van der Waals surface area (Å²) < 4.78 is 11.0. The molecule has 3 aromatic carbocycles. The first kappa shape index (κ1) is 17.8. The summed E-state index contributed by atoms with van der Waals surface area (Å²) in [7, 11) is 1.54. The monoisotopic (exact) mass is 367 g/mol. The molecule has 0 aliphatic carbocycles. The third-order valence-corrected chi connectivity index (χ3v) is 4.04. The molecular weight excluding hydrogens is 350 g/mol. The Hall–Kier alpha value is -2.98. The lowest BCUT2D eigenvalue weighted by Gasteiger charge is -2.13. The predicted molar refractivity (Wildman–Crippen MR) is 103 cm³/mol. The summed E-state index contributed by atoms with van der Waals surface area (Å²) in [6.07, 6.45) is 0. The third kappa shape index (κ3) is 4.35. The van der Waals surface area contributed by atoms with Crippen LogP contribution in [0, 0.1) is 0 Å². The maximum Gasteiger partial charge on any atom is 0.256 e. The van der Waals surface area contributed by atoms with Gasteiger partial charge in [0.15, 0.2) is 0 Å². The fourth-order valence-corrected chi connectivity index (χ4v) is 2.69. The third-order valence-electron chi connectivity index (χ3n) is 3.81. The molecule has 0 unspecified atom stereocenters. The largest absolute Gasteiger partial charge is 0.495 e. The summed E-state index contributed by atoms with van der Waals surface area (Å²) in [5.41, 5.74) is 1.84. The number of carbonyl (C=O) groups is 1. The maximum atomic E-state index is 12.8. The molecule has 4 nitrogen and oxygen atoms in total. The molecule has 0 bridgehead atoms. The molecule has 26 heavy (non-hydrogen) atoms. The van der Waals surface area contributed by atoms with Crippen molar-refractivity contribution < 1.29 is 14.3 Å². The van der Waals surface area contributed by atoms with Crippen LogP contribution in [0.3, 0.4) is 0 Å². The smallest absolute Gasteiger partial charge is 0.256 e. The second-order valence-electron chi connectivity index (χ2n) is 5.56. The Morgan fingerprint density at radius 3 is 2.50 bits per heavy atom. The topological polar surface area (TPSA) is 47.6 Å². The number of methoxy groups -OCH3 is 1. The number of ether oxygens (including phenoxy) is 2. The van der Waals surface area contributed by atoms with E-state index < -0.39 is 0 Å². The van der Waals surface area contributed by atoms with E-state index in [2.05, 4.69) is 5.32 Å². The van der Waals surface area contributed by atoms with Crippen molar-refractivity contribution in [3.63, 3.8) is 0 Å². The molecule has 0 heterocycles. The number of nitrogens with one attached hydrogen (secondary N) is 1. The zero-order valence-electron chi connectivity index (χ0n) is 14.2. The highest BCUT2D eigenvalue weighted by Crippen LogP contribution is 2.28. The number of anilines is 1.